The number of nitrogens with zero attached hydrogens (tertiary/aromatic N) is 2. The molecule has 0 aromatic rings. The van der Waals surface area contributed by atoms with E-state index in [2.05, 4.69) is 29.4 Å². The molecular weight excluding hydrogens is 340 g/mol. The molecule has 0 aromatic heterocycles. The first kappa shape index (κ1) is 18.5. The normalized spacial score (nSPS) is 32.4. The average Bonchev–Trinajstić information content (AvgIpc) is 3.05. The van der Waals surface area contributed by atoms with Crippen molar-refractivity contribution >= 4 is 21.7 Å². The predicted molar refractivity (Wildman–Crippen MR) is 98.2 cm³/mol. The third-order valence-electron chi connectivity index (χ3n) is 5.40. The quantitative estimate of drug-likeness (QED) is 0.554. The highest BCUT2D eigenvalue weighted by atomic mass is 32.2. The van der Waals surface area contributed by atoms with E-state index in [-0.39, 0.29) is 29.0 Å². The van der Waals surface area contributed by atoms with E-state index in [1.807, 2.05) is 0 Å². The van der Waals surface area contributed by atoms with Gasteiger partial charge in [0.25, 0.3) is 0 Å². The summed E-state index contributed by atoms with van der Waals surface area (Å²) in [5, 5.41) is 6.41. The van der Waals surface area contributed by atoms with Crippen LogP contribution in [0.15, 0.2) is 4.99 Å². The maximum absolute atomic E-state index is 11.7. The van der Waals surface area contributed by atoms with Gasteiger partial charge in [-0.25, -0.2) is 8.42 Å². The Bertz CT molecular complexity index is 646. The lowest BCUT2D eigenvalue weighted by Crippen LogP contribution is -2.52. The summed E-state index contributed by atoms with van der Waals surface area (Å²) in [5.41, 5.74) is 0.0193. The van der Waals surface area contributed by atoms with E-state index in [9.17, 15) is 13.2 Å². The SMILES string of the molecule is CC(C)NC(=NCC1CCS(=O)(=O)C1)N1CCCC2(CNC(=O)C2)C1. The molecule has 3 rings (SSSR count). The van der Waals surface area contributed by atoms with E-state index in [1.165, 1.54) is 0 Å². The molecule has 0 bridgehead atoms. The first-order valence-corrected chi connectivity index (χ1v) is 11.1. The summed E-state index contributed by atoms with van der Waals surface area (Å²) in [6.45, 7) is 7.21. The Hall–Kier alpha value is -1.31. The summed E-state index contributed by atoms with van der Waals surface area (Å²) in [6.07, 6.45) is 3.42. The average molecular weight is 371 g/mol. The lowest BCUT2D eigenvalue weighted by atomic mass is 9.79. The zero-order valence-electron chi connectivity index (χ0n) is 15.3. The highest BCUT2D eigenvalue weighted by Gasteiger charge is 2.42. The number of hydrogen-bond acceptors (Lipinski definition) is 4. The lowest BCUT2D eigenvalue weighted by Gasteiger charge is -2.41. The van der Waals surface area contributed by atoms with Crippen molar-refractivity contribution in [3.8, 4) is 0 Å². The second kappa shape index (κ2) is 7.13. The fourth-order valence-electron chi connectivity index (χ4n) is 4.16. The number of aliphatic imine (C=N–C) groups is 1. The molecule has 3 aliphatic rings. The van der Waals surface area contributed by atoms with Gasteiger partial charge in [-0.05, 0) is 39.0 Å². The molecule has 7 nitrogen and oxygen atoms in total. The maximum Gasteiger partial charge on any atom is 0.220 e. The Morgan fingerprint density at radius 2 is 2.28 bits per heavy atom. The summed E-state index contributed by atoms with van der Waals surface area (Å²) in [5.74, 6) is 1.68. The molecule has 8 heteroatoms. The highest BCUT2D eigenvalue weighted by Crippen LogP contribution is 2.36. The molecule has 3 saturated heterocycles. The van der Waals surface area contributed by atoms with E-state index in [1.54, 1.807) is 0 Å². The molecule has 3 heterocycles. The molecule has 0 radical (unpaired) electrons. The van der Waals surface area contributed by atoms with Crippen molar-refractivity contribution in [1.82, 2.24) is 15.5 Å². The molecule has 1 amide bonds. The molecule has 25 heavy (non-hydrogen) atoms. The lowest BCUT2D eigenvalue weighted by molar-refractivity contribution is -0.119. The molecule has 1 spiro atoms. The smallest absolute Gasteiger partial charge is 0.220 e. The molecule has 3 aliphatic heterocycles. The summed E-state index contributed by atoms with van der Waals surface area (Å²) in [7, 11) is -2.86. The van der Waals surface area contributed by atoms with Crippen LogP contribution in [0.1, 0.15) is 39.5 Å². The summed E-state index contributed by atoms with van der Waals surface area (Å²) < 4.78 is 23.3. The minimum atomic E-state index is -2.86. The van der Waals surface area contributed by atoms with Gasteiger partial charge in [-0.15, -0.1) is 0 Å². The van der Waals surface area contributed by atoms with Crippen LogP contribution in [0.4, 0.5) is 0 Å². The third kappa shape index (κ3) is 4.65. The number of likely N-dealkylation sites (tertiary alicyclic amines) is 1. The molecule has 2 unspecified atom stereocenters. The van der Waals surface area contributed by atoms with E-state index in [0.717, 1.165) is 38.4 Å². The topological polar surface area (TPSA) is 90.9 Å². The zero-order chi connectivity index (χ0) is 18.1. The van der Waals surface area contributed by atoms with Crippen LogP contribution in [0.2, 0.25) is 0 Å². The van der Waals surface area contributed by atoms with Crippen molar-refractivity contribution in [3.05, 3.63) is 0 Å². The monoisotopic (exact) mass is 370 g/mol. The van der Waals surface area contributed by atoms with E-state index >= 15 is 0 Å². The van der Waals surface area contributed by atoms with Crippen molar-refractivity contribution in [2.75, 3.05) is 37.7 Å². The minimum Gasteiger partial charge on any atom is -0.355 e. The number of amides is 1. The van der Waals surface area contributed by atoms with E-state index in [0.29, 0.717) is 25.1 Å². The standard InChI is InChI=1S/C17H30N4O3S/c1-13(2)20-16(18-9-14-4-7-25(23,24)10-14)21-6-3-5-17(12-21)8-15(22)19-11-17/h13-14H,3-12H2,1-2H3,(H,18,20)(H,19,22). The molecule has 2 atom stereocenters. The van der Waals surface area contributed by atoms with Gasteiger partial charge in [-0.2, -0.15) is 0 Å². The van der Waals surface area contributed by atoms with Crippen molar-refractivity contribution in [2.45, 2.75) is 45.6 Å². The summed E-state index contributed by atoms with van der Waals surface area (Å²) in [4.78, 5) is 18.7. The number of carbonyl (C=O) groups excluding carboxylic acids is 1. The van der Waals surface area contributed by atoms with Crippen LogP contribution in [0.25, 0.3) is 0 Å². The molecule has 0 aromatic carbocycles. The first-order valence-electron chi connectivity index (χ1n) is 9.30. The molecule has 3 fully saturated rings. The van der Waals surface area contributed by atoms with Gasteiger partial charge >= 0.3 is 0 Å². The third-order valence-corrected chi connectivity index (χ3v) is 7.24. The maximum atomic E-state index is 11.7. The number of guanidine groups is 1. The molecule has 2 N–H and O–H groups in total. The van der Waals surface area contributed by atoms with Crippen LogP contribution in [0.5, 0.6) is 0 Å². The predicted octanol–water partition coefficient (Wildman–Crippen LogP) is 0.377. The van der Waals surface area contributed by atoms with Crippen LogP contribution >= 0.6 is 0 Å². The largest absolute Gasteiger partial charge is 0.355 e. The van der Waals surface area contributed by atoms with Crippen LogP contribution in [-0.2, 0) is 14.6 Å². The van der Waals surface area contributed by atoms with Gasteiger partial charge in [0.1, 0.15) is 0 Å². The Balaban J connectivity index is 1.69. The minimum absolute atomic E-state index is 0.0193. The first-order chi connectivity index (χ1) is 11.8. The van der Waals surface area contributed by atoms with Crippen molar-refractivity contribution < 1.29 is 13.2 Å². The van der Waals surface area contributed by atoms with Crippen LogP contribution in [0, 0.1) is 11.3 Å². The van der Waals surface area contributed by atoms with Gasteiger partial charge in [0.15, 0.2) is 15.8 Å². The van der Waals surface area contributed by atoms with Crippen LogP contribution in [-0.4, -0.2) is 68.9 Å². The second-order valence-corrected chi connectivity index (χ2v) is 10.4. The van der Waals surface area contributed by atoms with E-state index in [4.69, 9.17) is 4.99 Å². The number of carbonyl (C=O) groups is 1. The molecule has 0 aliphatic carbocycles. The number of rotatable bonds is 3. The Morgan fingerprint density at radius 1 is 1.48 bits per heavy atom. The zero-order valence-corrected chi connectivity index (χ0v) is 16.1. The summed E-state index contributed by atoms with van der Waals surface area (Å²) in [6, 6.07) is 0.257. The van der Waals surface area contributed by atoms with Crippen LogP contribution in [0.3, 0.4) is 0 Å². The van der Waals surface area contributed by atoms with Gasteiger partial charge in [0, 0.05) is 44.1 Å². The summed E-state index contributed by atoms with van der Waals surface area (Å²) >= 11 is 0. The molecular formula is C17H30N4O3S. The Morgan fingerprint density at radius 3 is 2.88 bits per heavy atom. The number of sulfone groups is 1. The van der Waals surface area contributed by atoms with Gasteiger partial charge in [-0.1, -0.05) is 0 Å². The highest BCUT2D eigenvalue weighted by molar-refractivity contribution is 7.91. The van der Waals surface area contributed by atoms with Crippen LogP contribution < -0.4 is 10.6 Å². The molecule has 142 valence electrons. The van der Waals surface area contributed by atoms with Gasteiger partial charge < -0.3 is 15.5 Å². The van der Waals surface area contributed by atoms with Gasteiger partial charge in [0.2, 0.25) is 5.91 Å². The Kier molecular flexibility index (Phi) is 5.27. The van der Waals surface area contributed by atoms with Gasteiger partial charge in [-0.3, -0.25) is 9.79 Å². The van der Waals surface area contributed by atoms with Crippen molar-refractivity contribution in [2.24, 2.45) is 16.3 Å². The number of piperidine rings is 1. The van der Waals surface area contributed by atoms with Gasteiger partial charge in [0.05, 0.1) is 11.5 Å². The second-order valence-electron chi connectivity index (χ2n) is 8.21. The van der Waals surface area contributed by atoms with Crippen molar-refractivity contribution in [3.63, 3.8) is 0 Å². The number of nitrogens with one attached hydrogen (secondary N) is 2. The number of hydrogen-bond donors (Lipinski definition) is 2. The van der Waals surface area contributed by atoms with Crippen molar-refractivity contribution in [1.29, 1.82) is 0 Å². The fourth-order valence-corrected chi connectivity index (χ4v) is 6.01. The fraction of sp³-hybridized carbons (Fsp3) is 0.882. The Labute approximate surface area is 150 Å². The molecule has 0 saturated carbocycles. The van der Waals surface area contributed by atoms with E-state index < -0.39 is 9.84 Å².